The van der Waals surface area contributed by atoms with Crippen molar-refractivity contribution < 1.29 is 14.6 Å². The van der Waals surface area contributed by atoms with Crippen LogP contribution in [0.3, 0.4) is 0 Å². The van der Waals surface area contributed by atoms with E-state index >= 15 is 0 Å². The molecule has 0 radical (unpaired) electrons. The van der Waals surface area contributed by atoms with Gasteiger partial charge in [-0.2, -0.15) is 0 Å². The summed E-state index contributed by atoms with van der Waals surface area (Å²) < 4.78 is 4.43. The number of carbonyl (C=O) groups is 1. The normalized spacial score (nSPS) is 17.7. The maximum Gasteiger partial charge on any atom is 0.338 e. The molecule has 0 aromatic rings. The Morgan fingerprint density at radius 3 is 2.80 bits per heavy atom. The van der Waals surface area contributed by atoms with E-state index in [1.165, 1.54) is 18.9 Å². The molecule has 56 valence electrons. The first-order valence-electron chi connectivity index (χ1n) is 2.82. The van der Waals surface area contributed by atoms with E-state index in [-0.39, 0.29) is 5.76 Å². The molecule has 0 saturated heterocycles. The maximum absolute atomic E-state index is 10.8. The number of aliphatic hydroxyl groups is 1. The Hall–Kier alpha value is -0.640. The van der Waals surface area contributed by atoms with Crippen LogP contribution in [-0.4, -0.2) is 29.7 Å². The summed E-state index contributed by atoms with van der Waals surface area (Å²) in [7, 11) is 1.31. The lowest BCUT2D eigenvalue weighted by Gasteiger charge is -1.97. The summed E-state index contributed by atoms with van der Waals surface area (Å²) in [5.41, 5.74) is 0.410. The molecule has 0 aromatic heterocycles. The molecule has 0 amide bonds. The molecule has 0 saturated carbocycles. The van der Waals surface area contributed by atoms with Crippen LogP contribution in [0.25, 0.3) is 0 Å². The third kappa shape index (κ3) is 1.26. The molecule has 0 bridgehead atoms. The van der Waals surface area contributed by atoms with Gasteiger partial charge in [0.2, 0.25) is 0 Å². The van der Waals surface area contributed by atoms with E-state index in [0.717, 1.165) is 0 Å². The second-order valence-corrected chi connectivity index (χ2v) is 2.90. The van der Waals surface area contributed by atoms with Crippen molar-refractivity contribution in [3.05, 3.63) is 11.3 Å². The molecular formula is C6H8O3S. The topological polar surface area (TPSA) is 46.5 Å². The number of esters is 1. The number of thioether (sulfide) groups is 1. The minimum Gasteiger partial charge on any atom is -0.511 e. The number of hydrogen-bond acceptors (Lipinski definition) is 4. The van der Waals surface area contributed by atoms with Gasteiger partial charge in [0.25, 0.3) is 0 Å². The molecule has 0 fully saturated rings. The Balaban J connectivity index is 2.71. The molecule has 4 heteroatoms. The molecule has 10 heavy (non-hydrogen) atoms. The quantitative estimate of drug-likeness (QED) is 0.574. The highest BCUT2D eigenvalue weighted by Crippen LogP contribution is 2.22. The summed E-state index contributed by atoms with van der Waals surface area (Å²) in [4.78, 5) is 10.8. The summed E-state index contributed by atoms with van der Waals surface area (Å²) in [5.74, 6) is 0.850. The van der Waals surface area contributed by atoms with E-state index in [0.29, 0.717) is 17.1 Å². The summed E-state index contributed by atoms with van der Waals surface area (Å²) in [6, 6.07) is 0. The Labute approximate surface area is 63.1 Å². The lowest BCUT2D eigenvalue weighted by Crippen LogP contribution is -2.06. The fraction of sp³-hybridized carbons (Fsp3) is 0.500. The van der Waals surface area contributed by atoms with Crippen LogP contribution < -0.4 is 0 Å². The Bertz CT molecular complexity index is 185. The number of aliphatic hydroxyl groups excluding tert-OH is 1. The van der Waals surface area contributed by atoms with Crippen LogP contribution in [0.4, 0.5) is 0 Å². The molecule has 1 rings (SSSR count). The second-order valence-electron chi connectivity index (χ2n) is 1.91. The third-order valence-corrected chi connectivity index (χ3v) is 2.24. The summed E-state index contributed by atoms with van der Waals surface area (Å²) in [6.45, 7) is 0. The van der Waals surface area contributed by atoms with Crippen LogP contribution in [0, 0.1) is 0 Å². The van der Waals surface area contributed by atoms with Crippen LogP contribution in [0.5, 0.6) is 0 Å². The number of methoxy groups -OCH3 is 1. The highest BCUT2D eigenvalue weighted by atomic mass is 32.2. The van der Waals surface area contributed by atoms with Crippen molar-refractivity contribution in [3.8, 4) is 0 Å². The van der Waals surface area contributed by atoms with Crippen molar-refractivity contribution in [2.45, 2.75) is 0 Å². The van der Waals surface area contributed by atoms with E-state index in [1.54, 1.807) is 0 Å². The molecule has 0 unspecified atom stereocenters. The lowest BCUT2D eigenvalue weighted by molar-refractivity contribution is -0.136. The predicted octanol–water partition coefficient (Wildman–Crippen LogP) is 0.718. The van der Waals surface area contributed by atoms with Crippen molar-refractivity contribution in [3.63, 3.8) is 0 Å². The van der Waals surface area contributed by atoms with Gasteiger partial charge in [0.05, 0.1) is 18.4 Å². The molecule has 1 aliphatic heterocycles. The minimum absolute atomic E-state index is 0.164. The minimum atomic E-state index is -0.414. The van der Waals surface area contributed by atoms with Gasteiger partial charge >= 0.3 is 5.97 Å². The van der Waals surface area contributed by atoms with Gasteiger partial charge in [-0.05, 0) is 0 Å². The van der Waals surface area contributed by atoms with Crippen LogP contribution in [0.2, 0.25) is 0 Å². The first kappa shape index (κ1) is 7.47. The summed E-state index contributed by atoms with van der Waals surface area (Å²) >= 11 is 1.51. The molecule has 3 nitrogen and oxygen atoms in total. The van der Waals surface area contributed by atoms with Crippen molar-refractivity contribution in [2.75, 3.05) is 18.6 Å². The highest BCUT2D eigenvalue weighted by molar-refractivity contribution is 7.99. The highest BCUT2D eigenvalue weighted by Gasteiger charge is 2.20. The van der Waals surface area contributed by atoms with E-state index < -0.39 is 5.97 Å². The fourth-order valence-electron chi connectivity index (χ4n) is 0.720. The molecule has 0 spiro atoms. The van der Waals surface area contributed by atoms with Crippen LogP contribution in [0.1, 0.15) is 0 Å². The zero-order valence-electron chi connectivity index (χ0n) is 5.59. The van der Waals surface area contributed by atoms with Gasteiger partial charge in [-0.3, -0.25) is 0 Å². The van der Waals surface area contributed by atoms with Gasteiger partial charge in [0.1, 0.15) is 5.76 Å². The fourth-order valence-corrected chi connectivity index (χ4v) is 1.68. The van der Waals surface area contributed by atoms with E-state index in [1.807, 2.05) is 0 Å². The van der Waals surface area contributed by atoms with Gasteiger partial charge in [-0.15, -0.1) is 11.8 Å². The van der Waals surface area contributed by atoms with Crippen molar-refractivity contribution in [2.24, 2.45) is 0 Å². The SMILES string of the molecule is COC(=O)C1=C(O)CSC1. The Morgan fingerprint density at radius 2 is 2.40 bits per heavy atom. The summed E-state index contributed by atoms with van der Waals surface area (Å²) in [5, 5.41) is 9.05. The predicted molar refractivity (Wildman–Crippen MR) is 39.0 cm³/mol. The molecule has 0 aliphatic carbocycles. The molecule has 0 aromatic carbocycles. The molecule has 1 N–H and O–H groups in total. The van der Waals surface area contributed by atoms with Gasteiger partial charge in [0.15, 0.2) is 0 Å². The van der Waals surface area contributed by atoms with Crippen LogP contribution in [0.15, 0.2) is 11.3 Å². The van der Waals surface area contributed by atoms with Crippen LogP contribution in [-0.2, 0) is 9.53 Å². The number of ether oxygens (including phenoxy) is 1. The number of rotatable bonds is 1. The molecule has 1 aliphatic rings. The van der Waals surface area contributed by atoms with E-state index in [4.69, 9.17) is 5.11 Å². The van der Waals surface area contributed by atoms with Crippen molar-refractivity contribution in [1.82, 2.24) is 0 Å². The molecular weight excluding hydrogens is 152 g/mol. The van der Waals surface area contributed by atoms with Gasteiger partial charge in [-0.25, -0.2) is 4.79 Å². The van der Waals surface area contributed by atoms with Crippen molar-refractivity contribution >= 4 is 17.7 Å². The zero-order chi connectivity index (χ0) is 7.56. The Morgan fingerprint density at radius 1 is 1.70 bits per heavy atom. The van der Waals surface area contributed by atoms with Gasteiger partial charge in [0, 0.05) is 5.75 Å². The van der Waals surface area contributed by atoms with Crippen LogP contribution >= 0.6 is 11.8 Å². The molecule has 0 atom stereocenters. The average Bonchev–Trinajstić information content (AvgIpc) is 2.34. The van der Waals surface area contributed by atoms with Gasteiger partial charge in [-0.1, -0.05) is 0 Å². The lowest BCUT2D eigenvalue weighted by atomic mass is 10.3. The zero-order valence-corrected chi connectivity index (χ0v) is 6.40. The maximum atomic E-state index is 10.8. The monoisotopic (exact) mass is 160 g/mol. The standard InChI is InChI=1S/C6H8O3S/c1-9-6(8)4-2-10-3-5(4)7/h7H,2-3H2,1H3. The number of carbonyl (C=O) groups excluding carboxylic acids is 1. The smallest absolute Gasteiger partial charge is 0.338 e. The largest absolute Gasteiger partial charge is 0.511 e. The third-order valence-electron chi connectivity index (χ3n) is 1.27. The first-order chi connectivity index (χ1) is 4.75. The first-order valence-corrected chi connectivity index (χ1v) is 3.98. The second kappa shape index (κ2) is 2.96. The average molecular weight is 160 g/mol. The van der Waals surface area contributed by atoms with Gasteiger partial charge < -0.3 is 9.84 Å². The number of hydrogen-bond donors (Lipinski definition) is 1. The molecule has 1 heterocycles. The van der Waals surface area contributed by atoms with Crippen molar-refractivity contribution in [1.29, 1.82) is 0 Å². The Kier molecular flexibility index (Phi) is 2.21. The van der Waals surface area contributed by atoms with E-state index in [2.05, 4.69) is 4.74 Å². The summed E-state index contributed by atoms with van der Waals surface area (Å²) in [6.07, 6.45) is 0. The van der Waals surface area contributed by atoms with E-state index in [9.17, 15) is 4.79 Å².